The minimum Gasteiger partial charge on any atom is -0.546 e. The zero-order valence-corrected chi connectivity index (χ0v) is 9.94. The molecule has 0 unspecified atom stereocenters. The standard InChI is InChI=1S/C10H9BrO5/c1-15-8-3-6(4-12)2-7(11)10(8)16-5-9(13)14/h2-4H,5H2,1H3,(H,13,14)/p-1. The summed E-state index contributed by atoms with van der Waals surface area (Å²) in [5, 5.41) is 10.3. The topological polar surface area (TPSA) is 75.7 Å². The first-order valence-electron chi connectivity index (χ1n) is 4.24. The second kappa shape index (κ2) is 5.50. The molecule has 6 heteroatoms. The number of aliphatic carboxylic acids is 1. The maximum Gasteiger partial charge on any atom is 0.175 e. The van der Waals surface area contributed by atoms with Gasteiger partial charge in [-0.3, -0.25) is 4.79 Å². The van der Waals surface area contributed by atoms with Crippen LogP contribution in [-0.4, -0.2) is 26.0 Å². The molecule has 0 aromatic heterocycles. The van der Waals surface area contributed by atoms with Gasteiger partial charge in [-0.1, -0.05) is 0 Å². The average Bonchev–Trinajstić information content (AvgIpc) is 2.26. The van der Waals surface area contributed by atoms with Crippen LogP contribution in [0.2, 0.25) is 0 Å². The molecule has 0 aliphatic rings. The van der Waals surface area contributed by atoms with Crippen molar-refractivity contribution in [1.82, 2.24) is 0 Å². The molecule has 1 rings (SSSR count). The normalized spacial score (nSPS) is 9.62. The smallest absolute Gasteiger partial charge is 0.175 e. The number of ether oxygens (including phenoxy) is 2. The van der Waals surface area contributed by atoms with Gasteiger partial charge in [-0.25, -0.2) is 0 Å². The van der Waals surface area contributed by atoms with E-state index in [9.17, 15) is 14.7 Å². The summed E-state index contributed by atoms with van der Waals surface area (Å²) in [5.74, 6) is -0.844. The van der Waals surface area contributed by atoms with Crippen molar-refractivity contribution >= 4 is 28.2 Å². The van der Waals surface area contributed by atoms with Crippen molar-refractivity contribution in [1.29, 1.82) is 0 Å². The largest absolute Gasteiger partial charge is 0.546 e. The third kappa shape index (κ3) is 2.96. The van der Waals surface area contributed by atoms with E-state index in [1.807, 2.05) is 0 Å². The highest BCUT2D eigenvalue weighted by Crippen LogP contribution is 2.36. The second-order valence-electron chi connectivity index (χ2n) is 2.81. The first-order valence-corrected chi connectivity index (χ1v) is 5.03. The van der Waals surface area contributed by atoms with Gasteiger partial charge in [-0.15, -0.1) is 0 Å². The van der Waals surface area contributed by atoms with Crippen LogP contribution in [-0.2, 0) is 4.79 Å². The minimum atomic E-state index is -1.34. The Morgan fingerprint density at radius 2 is 2.25 bits per heavy atom. The molecule has 0 amide bonds. The van der Waals surface area contributed by atoms with Crippen LogP contribution >= 0.6 is 15.9 Å². The zero-order chi connectivity index (χ0) is 12.1. The third-order valence-corrected chi connectivity index (χ3v) is 2.31. The number of methoxy groups -OCH3 is 1. The Hall–Kier alpha value is -1.56. The second-order valence-corrected chi connectivity index (χ2v) is 3.67. The summed E-state index contributed by atoms with van der Waals surface area (Å²) in [6, 6.07) is 2.95. The van der Waals surface area contributed by atoms with Crippen LogP contribution in [0.5, 0.6) is 11.5 Å². The van der Waals surface area contributed by atoms with Gasteiger partial charge in [0.1, 0.15) is 12.9 Å². The van der Waals surface area contributed by atoms with Crippen LogP contribution in [0.15, 0.2) is 16.6 Å². The molecule has 0 bridgehead atoms. The number of carbonyl (C=O) groups is 2. The SMILES string of the molecule is COc1cc(C=O)cc(Br)c1OCC(=O)[O-]. The van der Waals surface area contributed by atoms with E-state index in [2.05, 4.69) is 15.9 Å². The lowest BCUT2D eigenvalue weighted by atomic mass is 10.2. The van der Waals surface area contributed by atoms with E-state index in [0.717, 1.165) is 0 Å². The van der Waals surface area contributed by atoms with Gasteiger partial charge >= 0.3 is 0 Å². The number of hydrogen-bond acceptors (Lipinski definition) is 5. The minimum absolute atomic E-state index is 0.220. The molecule has 0 saturated carbocycles. The van der Waals surface area contributed by atoms with Gasteiger partial charge in [0.15, 0.2) is 11.5 Å². The molecule has 0 spiro atoms. The number of halogens is 1. The molecule has 1 aromatic rings. The number of rotatable bonds is 5. The molecule has 0 atom stereocenters. The summed E-state index contributed by atoms with van der Waals surface area (Å²) >= 11 is 3.15. The fourth-order valence-corrected chi connectivity index (χ4v) is 1.65. The molecule has 0 aliphatic heterocycles. The number of carboxylic acid groups (broad SMARTS) is 1. The monoisotopic (exact) mass is 287 g/mol. The highest BCUT2D eigenvalue weighted by Gasteiger charge is 2.11. The maximum atomic E-state index is 10.6. The van der Waals surface area contributed by atoms with Gasteiger partial charge in [0.25, 0.3) is 0 Å². The van der Waals surface area contributed by atoms with Crippen molar-refractivity contribution in [3.05, 3.63) is 22.2 Å². The summed E-state index contributed by atoms with van der Waals surface area (Å²) < 4.78 is 10.4. The third-order valence-electron chi connectivity index (χ3n) is 1.72. The average molecular weight is 288 g/mol. The van der Waals surface area contributed by atoms with Crippen LogP contribution in [0.3, 0.4) is 0 Å². The zero-order valence-electron chi connectivity index (χ0n) is 8.36. The predicted molar refractivity (Wildman–Crippen MR) is 56.6 cm³/mol. The molecule has 0 aliphatic carbocycles. The van der Waals surface area contributed by atoms with Gasteiger partial charge < -0.3 is 19.4 Å². The number of benzene rings is 1. The molecule has 0 fully saturated rings. The Bertz CT molecular complexity index is 416. The van der Waals surface area contributed by atoms with Gasteiger partial charge in [-0.2, -0.15) is 0 Å². The van der Waals surface area contributed by atoms with Gasteiger partial charge in [0.05, 0.1) is 17.6 Å². The molecule has 1 aromatic carbocycles. The molecular formula is C10H8BrO5-. The predicted octanol–water partition coefficient (Wildman–Crippen LogP) is 0.399. The van der Waals surface area contributed by atoms with Crippen molar-refractivity contribution in [2.24, 2.45) is 0 Å². The van der Waals surface area contributed by atoms with E-state index < -0.39 is 12.6 Å². The van der Waals surface area contributed by atoms with Crippen molar-refractivity contribution < 1.29 is 24.2 Å². The lowest BCUT2D eigenvalue weighted by Gasteiger charge is -2.13. The lowest BCUT2D eigenvalue weighted by Crippen LogP contribution is -2.29. The van der Waals surface area contributed by atoms with E-state index in [0.29, 0.717) is 16.3 Å². The van der Waals surface area contributed by atoms with E-state index >= 15 is 0 Å². The molecule has 0 heterocycles. The van der Waals surface area contributed by atoms with Crippen molar-refractivity contribution in [3.8, 4) is 11.5 Å². The maximum absolute atomic E-state index is 10.6. The number of hydrogen-bond donors (Lipinski definition) is 0. The Balaban J connectivity index is 3.06. The number of aldehydes is 1. The van der Waals surface area contributed by atoms with Gasteiger partial charge in [0, 0.05) is 5.56 Å². The molecule has 16 heavy (non-hydrogen) atoms. The van der Waals surface area contributed by atoms with Crippen molar-refractivity contribution in [2.75, 3.05) is 13.7 Å². The van der Waals surface area contributed by atoms with Crippen LogP contribution in [0.4, 0.5) is 0 Å². The highest BCUT2D eigenvalue weighted by atomic mass is 79.9. The van der Waals surface area contributed by atoms with E-state index in [-0.39, 0.29) is 11.5 Å². The summed E-state index contributed by atoms with van der Waals surface area (Å²) in [7, 11) is 1.39. The van der Waals surface area contributed by atoms with Crippen LogP contribution < -0.4 is 14.6 Å². The van der Waals surface area contributed by atoms with E-state index in [1.54, 1.807) is 0 Å². The molecule has 0 saturated heterocycles. The molecule has 86 valence electrons. The van der Waals surface area contributed by atoms with E-state index in [4.69, 9.17) is 9.47 Å². The lowest BCUT2D eigenvalue weighted by molar-refractivity contribution is -0.307. The molecule has 0 radical (unpaired) electrons. The first kappa shape index (κ1) is 12.5. The van der Waals surface area contributed by atoms with Crippen LogP contribution in [0.1, 0.15) is 10.4 Å². The number of carboxylic acids is 1. The van der Waals surface area contributed by atoms with Crippen LogP contribution in [0, 0.1) is 0 Å². The fourth-order valence-electron chi connectivity index (χ4n) is 1.08. The quantitative estimate of drug-likeness (QED) is 0.733. The summed E-state index contributed by atoms with van der Waals surface area (Å²) in [4.78, 5) is 20.8. The van der Waals surface area contributed by atoms with Gasteiger partial charge in [0.2, 0.25) is 0 Å². The Kier molecular flexibility index (Phi) is 4.30. The first-order chi connectivity index (χ1) is 7.58. The summed E-state index contributed by atoms with van der Waals surface area (Å²) in [6.45, 7) is -0.588. The van der Waals surface area contributed by atoms with E-state index in [1.165, 1.54) is 19.2 Å². The van der Waals surface area contributed by atoms with Crippen molar-refractivity contribution in [3.63, 3.8) is 0 Å². The molecule has 5 nitrogen and oxygen atoms in total. The fraction of sp³-hybridized carbons (Fsp3) is 0.200. The van der Waals surface area contributed by atoms with Crippen molar-refractivity contribution in [2.45, 2.75) is 0 Å². The Morgan fingerprint density at radius 1 is 1.56 bits per heavy atom. The number of carbonyl (C=O) groups excluding carboxylic acids is 2. The Morgan fingerprint density at radius 3 is 2.75 bits per heavy atom. The van der Waals surface area contributed by atoms with Gasteiger partial charge in [-0.05, 0) is 28.1 Å². The molecular weight excluding hydrogens is 280 g/mol. The summed E-state index contributed by atoms with van der Waals surface area (Å²) in [6.07, 6.45) is 0.649. The Labute approximate surface area is 100 Å². The van der Waals surface area contributed by atoms with Crippen LogP contribution in [0.25, 0.3) is 0 Å². The highest BCUT2D eigenvalue weighted by molar-refractivity contribution is 9.10. The molecule has 0 N–H and O–H groups in total. The summed E-state index contributed by atoms with van der Waals surface area (Å²) in [5.41, 5.74) is 0.393.